The van der Waals surface area contributed by atoms with Gasteiger partial charge in [0.1, 0.15) is 12.1 Å². The van der Waals surface area contributed by atoms with Gasteiger partial charge in [-0.25, -0.2) is 9.37 Å². The van der Waals surface area contributed by atoms with E-state index in [0.717, 1.165) is 16.7 Å². The van der Waals surface area contributed by atoms with Crippen LogP contribution in [-0.2, 0) is 6.54 Å². The molecule has 8 nitrogen and oxygen atoms in total. The minimum Gasteiger partial charge on any atom is -0.352 e. The van der Waals surface area contributed by atoms with Crippen molar-refractivity contribution in [2.24, 2.45) is 0 Å². The highest BCUT2D eigenvalue weighted by Crippen LogP contribution is 2.23. The minimum atomic E-state index is -0.522. The fraction of sp³-hybridized carbons (Fsp3) is 0.304. The molecule has 2 aromatic carbocycles. The average molecular weight is 473 g/mol. The van der Waals surface area contributed by atoms with Crippen LogP contribution in [0.5, 0.6) is 0 Å². The first-order chi connectivity index (χ1) is 15.7. The lowest BCUT2D eigenvalue weighted by atomic mass is 10.0. The molecule has 0 atom stereocenters. The number of H-pyrrole nitrogens is 1. The Kier molecular flexibility index (Phi) is 8.13. The second-order valence-corrected chi connectivity index (χ2v) is 8.27. The molecule has 0 aliphatic heterocycles. The molecule has 1 aromatic heterocycles. The lowest BCUT2D eigenvalue weighted by molar-refractivity contribution is 0.0947. The molecule has 3 rings (SSSR count). The van der Waals surface area contributed by atoms with Crippen LogP contribution in [0.4, 0.5) is 10.3 Å². The van der Waals surface area contributed by atoms with E-state index in [9.17, 15) is 14.0 Å². The van der Waals surface area contributed by atoms with Crippen LogP contribution in [0.15, 0.2) is 36.7 Å². The van der Waals surface area contributed by atoms with Crippen molar-refractivity contribution in [3.05, 3.63) is 75.3 Å². The van der Waals surface area contributed by atoms with Crippen LogP contribution in [0.1, 0.15) is 43.8 Å². The Bertz CT molecular complexity index is 1140. The summed E-state index contributed by atoms with van der Waals surface area (Å²) in [5.41, 5.74) is 3.06. The molecule has 3 aromatic rings. The molecule has 0 saturated heterocycles. The third-order valence-corrected chi connectivity index (χ3v) is 5.43. The molecule has 0 radical (unpaired) electrons. The van der Waals surface area contributed by atoms with Gasteiger partial charge in [-0.3, -0.25) is 20.0 Å². The maximum atomic E-state index is 13.9. The average Bonchev–Trinajstić information content (AvgIpc) is 3.26. The van der Waals surface area contributed by atoms with Crippen molar-refractivity contribution >= 4 is 29.4 Å². The molecule has 33 heavy (non-hydrogen) atoms. The van der Waals surface area contributed by atoms with Gasteiger partial charge in [-0.05, 0) is 74.8 Å². The van der Waals surface area contributed by atoms with Crippen molar-refractivity contribution in [1.29, 1.82) is 0 Å². The molecule has 1 heterocycles. The molecule has 0 unspecified atom stereocenters. The first kappa shape index (κ1) is 24.3. The van der Waals surface area contributed by atoms with E-state index in [0.29, 0.717) is 36.6 Å². The van der Waals surface area contributed by atoms with Crippen LogP contribution >= 0.6 is 11.6 Å². The summed E-state index contributed by atoms with van der Waals surface area (Å²) in [7, 11) is 1.95. The molecular formula is C23H26ClFN6O2. The van der Waals surface area contributed by atoms with Crippen molar-refractivity contribution in [3.63, 3.8) is 0 Å². The van der Waals surface area contributed by atoms with E-state index >= 15 is 0 Å². The Morgan fingerprint density at radius 3 is 2.64 bits per heavy atom. The van der Waals surface area contributed by atoms with Crippen LogP contribution in [-0.4, -0.2) is 52.0 Å². The largest absolute Gasteiger partial charge is 0.352 e. The van der Waals surface area contributed by atoms with Crippen LogP contribution in [0.3, 0.4) is 0 Å². The second-order valence-electron chi connectivity index (χ2n) is 7.87. The van der Waals surface area contributed by atoms with Crippen LogP contribution in [0.25, 0.3) is 0 Å². The highest BCUT2D eigenvalue weighted by atomic mass is 35.5. The summed E-state index contributed by atoms with van der Waals surface area (Å²) < 4.78 is 13.9. The molecule has 10 heteroatoms. The number of benzene rings is 2. The van der Waals surface area contributed by atoms with Crippen molar-refractivity contribution < 1.29 is 14.0 Å². The summed E-state index contributed by atoms with van der Waals surface area (Å²) in [4.78, 5) is 30.7. The van der Waals surface area contributed by atoms with Gasteiger partial charge in [0.2, 0.25) is 5.95 Å². The first-order valence-corrected chi connectivity index (χ1v) is 10.8. The zero-order valence-electron chi connectivity index (χ0n) is 18.7. The number of carbonyl (C=O) groups is 2. The number of nitrogens with one attached hydrogen (secondary N) is 3. The Morgan fingerprint density at radius 2 is 1.94 bits per heavy atom. The Labute approximate surface area is 196 Å². The maximum absolute atomic E-state index is 13.9. The summed E-state index contributed by atoms with van der Waals surface area (Å²) in [5.74, 6) is -1.17. The number of amides is 2. The highest BCUT2D eigenvalue weighted by molar-refractivity contribution is 6.34. The summed E-state index contributed by atoms with van der Waals surface area (Å²) in [5, 5.41) is 12.0. The number of carbonyl (C=O) groups excluding carboxylic acids is 2. The van der Waals surface area contributed by atoms with E-state index < -0.39 is 17.6 Å². The Hall–Kier alpha value is -3.30. The first-order valence-electron chi connectivity index (χ1n) is 10.4. The van der Waals surface area contributed by atoms with E-state index in [1.807, 2.05) is 14.0 Å². The van der Waals surface area contributed by atoms with Crippen LogP contribution < -0.4 is 10.6 Å². The van der Waals surface area contributed by atoms with Crippen molar-refractivity contribution in [1.82, 2.24) is 25.4 Å². The lowest BCUT2D eigenvalue weighted by Gasteiger charge is -2.19. The predicted molar refractivity (Wildman–Crippen MR) is 125 cm³/mol. The summed E-state index contributed by atoms with van der Waals surface area (Å²) in [6, 6.07) is 8.06. The zero-order chi connectivity index (χ0) is 24.0. The van der Waals surface area contributed by atoms with Crippen LogP contribution in [0, 0.1) is 19.7 Å². The van der Waals surface area contributed by atoms with Gasteiger partial charge in [0, 0.05) is 13.1 Å². The van der Waals surface area contributed by atoms with E-state index in [2.05, 4.69) is 30.7 Å². The number of hydrogen-bond acceptors (Lipinski definition) is 5. The van der Waals surface area contributed by atoms with E-state index in [1.54, 1.807) is 25.1 Å². The molecule has 0 saturated carbocycles. The number of hydrogen-bond donors (Lipinski definition) is 3. The number of nitrogens with zero attached hydrogens (tertiary/aromatic N) is 3. The van der Waals surface area contributed by atoms with E-state index in [-0.39, 0.29) is 11.5 Å². The van der Waals surface area contributed by atoms with Gasteiger partial charge in [-0.2, -0.15) is 0 Å². The SMILES string of the molecule is Cc1ccc(C(=O)NCCCN(C)Cc2cc(C(=O)Nc3nc[nH]n3)c(Cl)cc2C)c(F)c1. The Balaban J connectivity index is 1.52. The minimum absolute atomic E-state index is 0.0431. The van der Waals surface area contributed by atoms with E-state index in [4.69, 9.17) is 11.6 Å². The number of rotatable bonds is 9. The van der Waals surface area contributed by atoms with Crippen molar-refractivity contribution in [2.75, 3.05) is 25.5 Å². The Morgan fingerprint density at radius 1 is 1.15 bits per heavy atom. The number of aromatic nitrogens is 3. The third kappa shape index (κ3) is 6.59. The number of halogens is 2. The molecule has 174 valence electrons. The highest BCUT2D eigenvalue weighted by Gasteiger charge is 2.16. The van der Waals surface area contributed by atoms with Gasteiger partial charge in [-0.1, -0.05) is 17.7 Å². The lowest BCUT2D eigenvalue weighted by Crippen LogP contribution is -2.29. The number of anilines is 1. The van der Waals surface area contributed by atoms with Gasteiger partial charge in [-0.15, -0.1) is 5.10 Å². The molecule has 3 N–H and O–H groups in total. The van der Waals surface area contributed by atoms with Gasteiger partial charge in [0.25, 0.3) is 11.8 Å². The van der Waals surface area contributed by atoms with Crippen molar-refractivity contribution in [3.8, 4) is 0 Å². The van der Waals surface area contributed by atoms with Gasteiger partial charge >= 0.3 is 0 Å². The molecule has 0 aliphatic rings. The maximum Gasteiger partial charge on any atom is 0.259 e. The van der Waals surface area contributed by atoms with Gasteiger partial charge in [0.05, 0.1) is 16.1 Å². The predicted octanol–water partition coefficient (Wildman–Crippen LogP) is 3.72. The summed E-state index contributed by atoms with van der Waals surface area (Å²) >= 11 is 6.29. The standard InChI is InChI=1S/C23H26ClFN6O2/c1-14-5-6-17(20(25)9-14)21(32)26-7-4-8-31(3)12-16-11-18(19(24)10-15(16)2)22(33)29-23-27-13-28-30-23/h5-6,9-11,13H,4,7-8,12H2,1-3H3,(H,26,32)(H2,27,28,29,30,33). The van der Waals surface area contributed by atoms with Gasteiger partial charge in [0.15, 0.2) is 0 Å². The summed E-state index contributed by atoms with van der Waals surface area (Å²) in [6.07, 6.45) is 2.05. The number of aromatic amines is 1. The molecule has 0 bridgehead atoms. The molecule has 0 aliphatic carbocycles. The quantitative estimate of drug-likeness (QED) is 0.412. The normalized spacial score (nSPS) is 11.0. The fourth-order valence-electron chi connectivity index (χ4n) is 3.32. The van der Waals surface area contributed by atoms with Crippen LogP contribution in [0.2, 0.25) is 5.02 Å². The van der Waals surface area contributed by atoms with Crippen molar-refractivity contribution in [2.45, 2.75) is 26.8 Å². The summed E-state index contributed by atoms with van der Waals surface area (Å²) in [6.45, 7) is 5.40. The number of aryl methyl sites for hydroxylation is 2. The smallest absolute Gasteiger partial charge is 0.259 e. The monoisotopic (exact) mass is 472 g/mol. The van der Waals surface area contributed by atoms with E-state index in [1.165, 1.54) is 18.5 Å². The molecule has 0 fully saturated rings. The molecule has 0 spiro atoms. The third-order valence-electron chi connectivity index (χ3n) is 5.12. The zero-order valence-corrected chi connectivity index (χ0v) is 19.5. The second kappa shape index (κ2) is 11.0. The fourth-order valence-corrected chi connectivity index (χ4v) is 3.62. The van der Waals surface area contributed by atoms with Gasteiger partial charge < -0.3 is 10.2 Å². The molecular weight excluding hydrogens is 447 g/mol. The topological polar surface area (TPSA) is 103 Å². The molecule has 2 amide bonds.